The van der Waals surface area contributed by atoms with Gasteiger partial charge in [0.05, 0.1) is 11.5 Å². The molecule has 2 rings (SSSR count). The van der Waals surface area contributed by atoms with E-state index in [2.05, 4.69) is 15.2 Å². The number of hydrogen-bond acceptors (Lipinski definition) is 5. The molecule has 1 N–H and O–H groups in total. The average Bonchev–Trinajstić information content (AvgIpc) is 2.83. The summed E-state index contributed by atoms with van der Waals surface area (Å²) >= 11 is 0. The SMILES string of the molecule is Cc1nc(CN(C)C(=O)c2cc([N+](=O)[O-])ccc2C)n[nH]1. The van der Waals surface area contributed by atoms with E-state index in [0.29, 0.717) is 22.8 Å². The maximum absolute atomic E-state index is 12.4. The summed E-state index contributed by atoms with van der Waals surface area (Å²) in [5.74, 6) is 0.850. The van der Waals surface area contributed by atoms with Gasteiger partial charge in [-0.2, -0.15) is 5.10 Å². The zero-order valence-electron chi connectivity index (χ0n) is 12.0. The Hall–Kier alpha value is -2.77. The maximum Gasteiger partial charge on any atom is 0.270 e. The molecular formula is C13H15N5O3. The zero-order chi connectivity index (χ0) is 15.6. The predicted molar refractivity (Wildman–Crippen MR) is 74.8 cm³/mol. The highest BCUT2D eigenvalue weighted by molar-refractivity contribution is 5.96. The summed E-state index contributed by atoms with van der Waals surface area (Å²) in [6.45, 7) is 3.73. The third-order valence-corrected chi connectivity index (χ3v) is 3.03. The van der Waals surface area contributed by atoms with Crippen LogP contribution in [0.4, 0.5) is 5.69 Å². The number of nitrogens with zero attached hydrogens (tertiary/aromatic N) is 4. The molecule has 0 fully saturated rings. The van der Waals surface area contributed by atoms with Gasteiger partial charge in [-0.05, 0) is 19.4 Å². The number of H-pyrrole nitrogens is 1. The van der Waals surface area contributed by atoms with E-state index in [1.807, 2.05) is 0 Å². The van der Waals surface area contributed by atoms with E-state index in [0.717, 1.165) is 0 Å². The van der Waals surface area contributed by atoms with Gasteiger partial charge < -0.3 is 4.90 Å². The molecule has 1 amide bonds. The number of aryl methyl sites for hydroxylation is 2. The molecule has 0 saturated carbocycles. The minimum absolute atomic E-state index is 0.105. The quantitative estimate of drug-likeness (QED) is 0.680. The van der Waals surface area contributed by atoms with Crippen LogP contribution in [0.15, 0.2) is 18.2 Å². The van der Waals surface area contributed by atoms with E-state index in [1.165, 1.54) is 17.0 Å². The first kappa shape index (κ1) is 14.6. The van der Waals surface area contributed by atoms with E-state index in [4.69, 9.17) is 0 Å². The van der Waals surface area contributed by atoms with Crippen LogP contribution >= 0.6 is 0 Å². The fraction of sp³-hybridized carbons (Fsp3) is 0.308. The van der Waals surface area contributed by atoms with Gasteiger partial charge in [0.1, 0.15) is 5.82 Å². The number of carbonyl (C=O) groups excluding carboxylic acids is 1. The molecule has 0 saturated heterocycles. The first-order valence-corrected chi connectivity index (χ1v) is 6.27. The fourth-order valence-corrected chi connectivity index (χ4v) is 1.90. The molecule has 0 aliphatic carbocycles. The Labute approximate surface area is 121 Å². The number of aromatic nitrogens is 3. The van der Waals surface area contributed by atoms with Crippen LogP contribution in [0.25, 0.3) is 0 Å². The number of rotatable bonds is 4. The van der Waals surface area contributed by atoms with Gasteiger partial charge in [-0.3, -0.25) is 20.0 Å². The lowest BCUT2D eigenvalue weighted by atomic mass is 10.1. The first-order chi connectivity index (χ1) is 9.88. The second kappa shape index (κ2) is 5.70. The van der Waals surface area contributed by atoms with Crippen LogP contribution in [0, 0.1) is 24.0 Å². The predicted octanol–water partition coefficient (Wildman–Crippen LogP) is 1.60. The molecule has 2 aromatic rings. The third kappa shape index (κ3) is 3.22. The summed E-state index contributed by atoms with van der Waals surface area (Å²) in [6, 6.07) is 4.23. The molecule has 110 valence electrons. The van der Waals surface area contributed by atoms with Gasteiger partial charge in [0, 0.05) is 24.7 Å². The van der Waals surface area contributed by atoms with Gasteiger partial charge in [-0.1, -0.05) is 6.07 Å². The van der Waals surface area contributed by atoms with Gasteiger partial charge in [-0.25, -0.2) is 4.98 Å². The minimum atomic E-state index is -0.519. The van der Waals surface area contributed by atoms with Crippen molar-refractivity contribution >= 4 is 11.6 Å². The van der Waals surface area contributed by atoms with Crippen LogP contribution in [0.1, 0.15) is 27.6 Å². The molecule has 8 nitrogen and oxygen atoms in total. The van der Waals surface area contributed by atoms with E-state index in [-0.39, 0.29) is 18.1 Å². The highest BCUT2D eigenvalue weighted by Gasteiger charge is 2.19. The largest absolute Gasteiger partial charge is 0.334 e. The van der Waals surface area contributed by atoms with Crippen LogP contribution in [0.5, 0.6) is 0 Å². The Bertz CT molecular complexity index is 695. The lowest BCUT2D eigenvalue weighted by Crippen LogP contribution is -2.27. The standard InChI is InChI=1S/C13H15N5O3/c1-8-4-5-10(18(20)21)6-11(8)13(19)17(3)7-12-14-9(2)15-16-12/h4-6H,7H2,1-3H3,(H,14,15,16). The second-order valence-corrected chi connectivity index (χ2v) is 4.75. The molecule has 1 aromatic heterocycles. The van der Waals surface area contributed by atoms with E-state index in [1.54, 1.807) is 27.0 Å². The molecule has 0 bridgehead atoms. The number of hydrogen-bond donors (Lipinski definition) is 1. The van der Waals surface area contributed by atoms with Crippen LogP contribution in [-0.2, 0) is 6.54 Å². The monoisotopic (exact) mass is 289 g/mol. The van der Waals surface area contributed by atoms with Gasteiger partial charge >= 0.3 is 0 Å². The summed E-state index contributed by atoms with van der Waals surface area (Å²) in [7, 11) is 1.60. The van der Waals surface area contributed by atoms with Crippen molar-refractivity contribution in [1.29, 1.82) is 0 Å². The number of nitrogens with one attached hydrogen (secondary N) is 1. The fourth-order valence-electron chi connectivity index (χ4n) is 1.90. The summed E-state index contributed by atoms with van der Waals surface area (Å²) in [5.41, 5.74) is 0.883. The number of aromatic amines is 1. The lowest BCUT2D eigenvalue weighted by molar-refractivity contribution is -0.384. The number of carbonyl (C=O) groups is 1. The first-order valence-electron chi connectivity index (χ1n) is 6.27. The molecule has 8 heteroatoms. The third-order valence-electron chi connectivity index (χ3n) is 3.03. The van der Waals surface area contributed by atoms with Crippen molar-refractivity contribution in [3.63, 3.8) is 0 Å². The minimum Gasteiger partial charge on any atom is -0.334 e. The smallest absolute Gasteiger partial charge is 0.270 e. The van der Waals surface area contributed by atoms with Gasteiger partial charge in [0.25, 0.3) is 11.6 Å². The molecule has 0 spiro atoms. The molecule has 0 atom stereocenters. The Balaban J connectivity index is 2.22. The number of non-ortho nitro benzene ring substituents is 1. The Morgan fingerprint density at radius 1 is 1.43 bits per heavy atom. The van der Waals surface area contributed by atoms with Crippen LogP contribution in [0.3, 0.4) is 0 Å². The molecule has 1 heterocycles. The molecule has 0 aliphatic rings. The van der Waals surface area contributed by atoms with Crippen molar-refractivity contribution in [1.82, 2.24) is 20.1 Å². The normalized spacial score (nSPS) is 10.4. The van der Waals surface area contributed by atoms with Gasteiger partial charge in [0.2, 0.25) is 0 Å². The van der Waals surface area contributed by atoms with Gasteiger partial charge in [-0.15, -0.1) is 0 Å². The van der Waals surface area contributed by atoms with Crippen molar-refractivity contribution in [3.8, 4) is 0 Å². The molecule has 0 radical (unpaired) electrons. The summed E-state index contributed by atoms with van der Waals surface area (Å²) in [5, 5.41) is 17.5. The molecule has 21 heavy (non-hydrogen) atoms. The Morgan fingerprint density at radius 2 is 2.14 bits per heavy atom. The Morgan fingerprint density at radius 3 is 2.71 bits per heavy atom. The van der Waals surface area contributed by atoms with E-state index in [9.17, 15) is 14.9 Å². The summed E-state index contributed by atoms with van der Waals surface area (Å²) in [6.07, 6.45) is 0. The Kier molecular flexibility index (Phi) is 3.97. The molecule has 1 aromatic carbocycles. The van der Waals surface area contributed by atoms with Crippen LogP contribution < -0.4 is 0 Å². The molecular weight excluding hydrogens is 274 g/mol. The zero-order valence-corrected chi connectivity index (χ0v) is 12.0. The van der Waals surface area contributed by atoms with Crippen LogP contribution in [0.2, 0.25) is 0 Å². The van der Waals surface area contributed by atoms with E-state index >= 15 is 0 Å². The van der Waals surface area contributed by atoms with Crippen molar-refractivity contribution in [2.75, 3.05) is 7.05 Å². The van der Waals surface area contributed by atoms with Gasteiger partial charge in [0.15, 0.2) is 5.82 Å². The second-order valence-electron chi connectivity index (χ2n) is 4.75. The highest BCUT2D eigenvalue weighted by Crippen LogP contribution is 2.19. The van der Waals surface area contributed by atoms with E-state index < -0.39 is 4.92 Å². The summed E-state index contributed by atoms with van der Waals surface area (Å²) < 4.78 is 0. The number of benzene rings is 1. The number of nitro benzene ring substituents is 1. The van der Waals surface area contributed by atoms with Crippen molar-refractivity contribution in [2.45, 2.75) is 20.4 Å². The topological polar surface area (TPSA) is 105 Å². The van der Waals surface area contributed by atoms with Crippen LogP contribution in [-0.4, -0.2) is 38.0 Å². The number of nitro groups is 1. The average molecular weight is 289 g/mol. The highest BCUT2D eigenvalue weighted by atomic mass is 16.6. The summed E-state index contributed by atoms with van der Waals surface area (Å²) in [4.78, 5) is 28.2. The number of amides is 1. The van der Waals surface area contributed by atoms with Crippen molar-refractivity contribution in [2.24, 2.45) is 0 Å². The molecule has 0 aliphatic heterocycles. The van der Waals surface area contributed by atoms with Crippen molar-refractivity contribution < 1.29 is 9.72 Å². The van der Waals surface area contributed by atoms with Crippen molar-refractivity contribution in [3.05, 3.63) is 51.1 Å². The lowest BCUT2D eigenvalue weighted by Gasteiger charge is -2.16. The maximum atomic E-state index is 12.4. The molecule has 0 unspecified atom stereocenters.